The van der Waals surface area contributed by atoms with Crippen molar-refractivity contribution in [2.45, 2.75) is 49.4 Å². The zero-order valence-electron chi connectivity index (χ0n) is 13.4. The van der Waals surface area contributed by atoms with Crippen LogP contribution in [0.15, 0.2) is 0 Å². The van der Waals surface area contributed by atoms with Crippen molar-refractivity contribution in [3.05, 3.63) is 6.42 Å². The molecule has 3 fully saturated rings. The van der Waals surface area contributed by atoms with Crippen LogP contribution < -0.4 is 40.2 Å². The van der Waals surface area contributed by atoms with E-state index in [9.17, 15) is 19.2 Å². The standard InChI is InChI=1S/C14H18N3O5S.Na/c18-10-5-6-11(19)17(10)22-12(20)4-2-1-3-9-13-8(7-23-9)15-14(21)16-13;/h5,8-9,13H,1-4,6-7H2,(H2,15,16,21);/q-1;+1/t8-,9?,13-;/m0./s1. The number of unbranched alkanes of at least 4 members (excludes halogenated alkanes) is 1. The van der Waals surface area contributed by atoms with Gasteiger partial charge in [-0.1, -0.05) is 12.8 Å². The van der Waals surface area contributed by atoms with Crippen molar-refractivity contribution < 1.29 is 53.6 Å². The van der Waals surface area contributed by atoms with Crippen LogP contribution in [0.3, 0.4) is 0 Å². The fraction of sp³-hybridized carbons (Fsp3) is 0.643. The summed E-state index contributed by atoms with van der Waals surface area (Å²) >= 11 is 1.83. The molecule has 0 aromatic heterocycles. The van der Waals surface area contributed by atoms with Crippen LogP contribution in [-0.4, -0.2) is 52.0 Å². The normalized spacial score (nSPS) is 27.9. The van der Waals surface area contributed by atoms with E-state index in [0.717, 1.165) is 18.6 Å². The van der Waals surface area contributed by atoms with Crippen LogP contribution in [0.5, 0.6) is 0 Å². The molecule has 0 aromatic rings. The number of hydrogen-bond donors (Lipinski definition) is 2. The molecule has 3 atom stereocenters. The molecule has 0 bridgehead atoms. The number of hydrogen-bond acceptors (Lipinski definition) is 6. The van der Waals surface area contributed by atoms with E-state index in [1.807, 2.05) is 11.8 Å². The van der Waals surface area contributed by atoms with E-state index in [-0.39, 0.29) is 60.5 Å². The van der Waals surface area contributed by atoms with Crippen molar-refractivity contribution in [2.24, 2.45) is 0 Å². The van der Waals surface area contributed by atoms with E-state index in [0.29, 0.717) is 16.7 Å². The van der Waals surface area contributed by atoms with Crippen LogP contribution in [0.4, 0.5) is 4.79 Å². The molecular weight excluding hydrogens is 345 g/mol. The average molecular weight is 363 g/mol. The molecule has 0 aromatic carbocycles. The van der Waals surface area contributed by atoms with Gasteiger partial charge in [0.1, 0.15) is 5.91 Å². The number of fused-ring (bicyclic) bond motifs is 1. The third-order valence-electron chi connectivity index (χ3n) is 4.13. The first-order valence-electron chi connectivity index (χ1n) is 7.64. The van der Waals surface area contributed by atoms with Gasteiger partial charge in [-0.05, 0) is 12.8 Å². The molecule has 0 radical (unpaired) electrons. The summed E-state index contributed by atoms with van der Waals surface area (Å²) in [7, 11) is 0. The van der Waals surface area contributed by atoms with Gasteiger partial charge in [-0.25, -0.2) is 9.59 Å². The quantitative estimate of drug-likeness (QED) is 0.173. The maximum atomic E-state index is 11.7. The first-order chi connectivity index (χ1) is 11.0. The number of carbonyl (C=O) groups is 4. The number of hydroxylamine groups is 2. The Balaban J connectivity index is 0.00000208. The van der Waals surface area contributed by atoms with Gasteiger partial charge < -0.3 is 20.3 Å². The number of rotatable bonds is 6. The molecule has 3 aliphatic heterocycles. The molecule has 3 heterocycles. The summed E-state index contributed by atoms with van der Waals surface area (Å²) in [5.74, 6) is -0.761. The van der Waals surface area contributed by atoms with Crippen molar-refractivity contribution in [3.63, 3.8) is 0 Å². The minimum Gasteiger partial charge on any atom is -0.333 e. The van der Waals surface area contributed by atoms with Gasteiger partial charge in [0.05, 0.1) is 12.1 Å². The number of thioether (sulfide) groups is 1. The summed E-state index contributed by atoms with van der Waals surface area (Å²) in [6.07, 6.45) is 3.67. The molecule has 0 saturated carbocycles. The van der Waals surface area contributed by atoms with Crippen LogP contribution >= 0.6 is 11.8 Å². The number of urea groups is 1. The third kappa shape index (κ3) is 4.38. The van der Waals surface area contributed by atoms with Gasteiger partial charge in [0.15, 0.2) is 0 Å². The maximum Gasteiger partial charge on any atom is 1.00 e. The second-order valence-corrected chi connectivity index (χ2v) is 7.04. The van der Waals surface area contributed by atoms with Crippen LogP contribution in [0, 0.1) is 6.42 Å². The van der Waals surface area contributed by atoms with Crippen LogP contribution in [0.25, 0.3) is 0 Å². The fourth-order valence-electron chi connectivity index (χ4n) is 2.96. The summed E-state index contributed by atoms with van der Waals surface area (Å²) in [5.41, 5.74) is 0. The van der Waals surface area contributed by atoms with Crippen molar-refractivity contribution in [1.82, 2.24) is 15.7 Å². The largest absolute Gasteiger partial charge is 1.00 e. The predicted octanol–water partition coefficient (Wildman–Crippen LogP) is -2.86. The summed E-state index contributed by atoms with van der Waals surface area (Å²) in [6.45, 7) is 0. The van der Waals surface area contributed by atoms with E-state index in [1.165, 1.54) is 6.42 Å². The van der Waals surface area contributed by atoms with Crippen LogP contribution in [-0.2, 0) is 19.2 Å². The second kappa shape index (κ2) is 8.46. The van der Waals surface area contributed by atoms with Crippen molar-refractivity contribution in [3.8, 4) is 0 Å². The third-order valence-corrected chi connectivity index (χ3v) is 5.64. The molecule has 24 heavy (non-hydrogen) atoms. The Morgan fingerprint density at radius 2 is 2.08 bits per heavy atom. The molecule has 0 aliphatic carbocycles. The number of amides is 4. The van der Waals surface area contributed by atoms with Gasteiger partial charge in [0, 0.05) is 17.4 Å². The number of nitrogens with zero attached hydrogens (tertiary/aromatic N) is 1. The molecule has 3 aliphatic rings. The molecule has 2 N–H and O–H groups in total. The summed E-state index contributed by atoms with van der Waals surface area (Å²) < 4.78 is 0. The Kier molecular flexibility index (Phi) is 6.85. The SMILES string of the molecule is O=C1N[C@H]2CSC(CCCCC(=O)ON3C(=O)[CH-]CC3=O)[C@H]2N1.[Na+]. The Morgan fingerprint density at radius 3 is 2.79 bits per heavy atom. The number of nitrogens with one attached hydrogen (secondary N) is 2. The van der Waals surface area contributed by atoms with E-state index in [1.54, 1.807) is 0 Å². The van der Waals surface area contributed by atoms with Crippen LogP contribution in [0.1, 0.15) is 32.1 Å². The Bertz CT molecular complexity index is 531. The first-order valence-corrected chi connectivity index (χ1v) is 8.69. The average Bonchev–Trinajstić information content (AvgIpc) is 3.14. The molecule has 10 heteroatoms. The minimum atomic E-state index is -0.582. The Labute approximate surface area is 166 Å². The van der Waals surface area contributed by atoms with Crippen molar-refractivity contribution >= 4 is 35.6 Å². The molecule has 0 spiro atoms. The van der Waals surface area contributed by atoms with Crippen molar-refractivity contribution in [1.29, 1.82) is 0 Å². The van der Waals surface area contributed by atoms with Gasteiger partial charge >= 0.3 is 41.6 Å². The molecule has 3 rings (SSSR count). The molecular formula is C14H18N3NaO5S. The second-order valence-electron chi connectivity index (χ2n) is 5.77. The topological polar surface area (TPSA) is 105 Å². The van der Waals surface area contributed by atoms with Gasteiger partial charge in [-0.15, -0.1) is 5.06 Å². The zero-order chi connectivity index (χ0) is 16.4. The van der Waals surface area contributed by atoms with Crippen molar-refractivity contribution in [2.75, 3.05) is 5.75 Å². The monoisotopic (exact) mass is 363 g/mol. The van der Waals surface area contributed by atoms with E-state index in [2.05, 4.69) is 10.6 Å². The van der Waals surface area contributed by atoms with Gasteiger partial charge in [-0.2, -0.15) is 11.8 Å². The fourth-order valence-corrected chi connectivity index (χ4v) is 4.51. The van der Waals surface area contributed by atoms with E-state index < -0.39 is 17.8 Å². The smallest absolute Gasteiger partial charge is 0.333 e. The summed E-state index contributed by atoms with van der Waals surface area (Å²) in [6, 6.07) is 0.256. The Hall–Kier alpha value is -0.900. The number of imide groups is 1. The molecule has 4 amide bonds. The summed E-state index contributed by atoms with van der Waals surface area (Å²) in [5, 5.41) is 6.69. The maximum absolute atomic E-state index is 11.7. The zero-order valence-corrected chi connectivity index (χ0v) is 16.3. The minimum absolute atomic E-state index is 0. The van der Waals surface area contributed by atoms with E-state index in [4.69, 9.17) is 4.84 Å². The Morgan fingerprint density at radius 1 is 1.29 bits per heavy atom. The number of carbonyl (C=O) groups excluding carboxylic acids is 4. The predicted molar refractivity (Wildman–Crippen MR) is 80.8 cm³/mol. The molecule has 8 nitrogen and oxygen atoms in total. The van der Waals surface area contributed by atoms with Gasteiger partial charge in [0.25, 0.3) is 0 Å². The molecule has 1 unspecified atom stereocenters. The van der Waals surface area contributed by atoms with Gasteiger partial charge in [0.2, 0.25) is 5.91 Å². The first kappa shape index (κ1) is 19.4. The molecule has 126 valence electrons. The van der Waals surface area contributed by atoms with Crippen LogP contribution in [0.2, 0.25) is 0 Å². The van der Waals surface area contributed by atoms with E-state index >= 15 is 0 Å². The summed E-state index contributed by atoms with van der Waals surface area (Å²) in [4.78, 5) is 50.3. The van der Waals surface area contributed by atoms with Gasteiger partial charge in [-0.3, -0.25) is 11.2 Å². The molecule has 3 saturated heterocycles.